The quantitative estimate of drug-likeness (QED) is 0.390. The minimum absolute atomic E-state index is 0. The summed E-state index contributed by atoms with van der Waals surface area (Å²) in [5, 5.41) is 3.40. The van der Waals surface area contributed by atoms with Crippen molar-refractivity contribution in [3.63, 3.8) is 0 Å². The van der Waals surface area contributed by atoms with Crippen LogP contribution in [0.3, 0.4) is 0 Å². The lowest BCUT2D eigenvalue weighted by atomic mass is 9.93. The van der Waals surface area contributed by atoms with E-state index in [0.717, 1.165) is 50.9 Å². The molecule has 1 N–H and O–H groups in total. The topological polar surface area (TPSA) is 66.4 Å². The van der Waals surface area contributed by atoms with Gasteiger partial charge in [0.15, 0.2) is 5.96 Å². The summed E-state index contributed by atoms with van der Waals surface area (Å²) in [6, 6.07) is 8.24. The first-order chi connectivity index (χ1) is 13.2. The summed E-state index contributed by atoms with van der Waals surface area (Å²) in [5.41, 5.74) is 1.25. The number of ether oxygens (including phenoxy) is 2. The van der Waals surface area contributed by atoms with Crippen LogP contribution < -0.4 is 10.1 Å². The normalized spacial score (nSPS) is 19.2. The summed E-state index contributed by atoms with van der Waals surface area (Å²) >= 11 is 0. The molecule has 0 spiro atoms. The molecule has 28 heavy (non-hydrogen) atoms. The fourth-order valence-electron chi connectivity index (χ4n) is 3.54. The molecule has 2 aliphatic heterocycles. The standard InChI is InChI=1S/C20H30N4O3.HI/c1-3-21-19(23-10-12-24(13-11-23)20(25)26-4-2)22-15-16-9-14-27-18-8-6-5-7-17(16)18;/h5-8,16H,3-4,9-15H2,1-2H3,(H,21,22);1H. The molecule has 156 valence electrons. The number of carbonyl (C=O) groups excluding carboxylic acids is 1. The molecule has 0 aliphatic carbocycles. The van der Waals surface area contributed by atoms with Crippen LogP contribution in [0.15, 0.2) is 29.3 Å². The Morgan fingerprint density at radius 1 is 1.21 bits per heavy atom. The average molecular weight is 502 g/mol. The molecule has 1 atom stereocenters. The summed E-state index contributed by atoms with van der Waals surface area (Å²) in [6.45, 7) is 9.45. The SMILES string of the molecule is CCNC(=NCC1CCOc2ccccc21)N1CCN(C(=O)OCC)CC1.I. The summed E-state index contributed by atoms with van der Waals surface area (Å²) in [7, 11) is 0. The zero-order valence-electron chi connectivity index (χ0n) is 16.7. The molecule has 2 heterocycles. The number of guanidine groups is 1. The predicted octanol–water partition coefficient (Wildman–Crippen LogP) is 2.91. The molecule has 0 bridgehead atoms. The van der Waals surface area contributed by atoms with E-state index < -0.39 is 0 Å². The maximum Gasteiger partial charge on any atom is 0.409 e. The van der Waals surface area contributed by atoms with Crippen molar-refractivity contribution in [1.82, 2.24) is 15.1 Å². The Balaban J connectivity index is 0.00000280. The van der Waals surface area contributed by atoms with Gasteiger partial charge in [0.05, 0.1) is 13.2 Å². The molecule has 0 saturated carbocycles. The highest BCUT2D eigenvalue weighted by atomic mass is 127. The van der Waals surface area contributed by atoms with Crippen molar-refractivity contribution < 1.29 is 14.3 Å². The first kappa shape index (κ1) is 22.6. The Kier molecular flexibility index (Phi) is 9.14. The third kappa shape index (κ3) is 5.65. The van der Waals surface area contributed by atoms with Crippen LogP contribution in [0, 0.1) is 0 Å². The Morgan fingerprint density at radius 3 is 2.64 bits per heavy atom. The Hall–Kier alpha value is -1.71. The number of nitrogens with zero attached hydrogens (tertiary/aromatic N) is 3. The first-order valence-corrected chi connectivity index (χ1v) is 9.89. The van der Waals surface area contributed by atoms with Crippen molar-refractivity contribution in [3.05, 3.63) is 29.8 Å². The molecule has 1 aromatic rings. The van der Waals surface area contributed by atoms with E-state index in [0.29, 0.717) is 25.6 Å². The van der Waals surface area contributed by atoms with E-state index in [1.165, 1.54) is 5.56 Å². The van der Waals surface area contributed by atoms with Crippen molar-refractivity contribution in [2.75, 3.05) is 52.5 Å². The zero-order valence-corrected chi connectivity index (χ0v) is 19.1. The highest BCUT2D eigenvalue weighted by molar-refractivity contribution is 14.0. The number of fused-ring (bicyclic) bond motifs is 1. The van der Waals surface area contributed by atoms with E-state index in [9.17, 15) is 4.79 Å². The molecule has 8 heteroatoms. The van der Waals surface area contributed by atoms with Crippen LogP contribution in [-0.4, -0.2) is 74.3 Å². The van der Waals surface area contributed by atoms with Crippen molar-refractivity contribution in [2.45, 2.75) is 26.2 Å². The van der Waals surface area contributed by atoms with Crippen LogP contribution in [0.2, 0.25) is 0 Å². The summed E-state index contributed by atoms with van der Waals surface area (Å²) in [5.74, 6) is 2.28. The summed E-state index contributed by atoms with van der Waals surface area (Å²) in [4.78, 5) is 20.8. The van der Waals surface area contributed by atoms with Gasteiger partial charge in [-0.25, -0.2) is 4.79 Å². The minimum atomic E-state index is -0.224. The van der Waals surface area contributed by atoms with Crippen LogP contribution >= 0.6 is 24.0 Å². The van der Waals surface area contributed by atoms with E-state index >= 15 is 0 Å². The second-order valence-corrected chi connectivity index (χ2v) is 6.74. The van der Waals surface area contributed by atoms with E-state index in [1.54, 1.807) is 4.90 Å². The number of halogens is 1. The molecule has 1 unspecified atom stereocenters. The van der Waals surface area contributed by atoms with E-state index in [4.69, 9.17) is 14.5 Å². The van der Waals surface area contributed by atoms with Crippen LogP contribution in [0.4, 0.5) is 4.79 Å². The number of para-hydroxylation sites is 1. The van der Waals surface area contributed by atoms with E-state index in [1.807, 2.05) is 19.1 Å². The number of carbonyl (C=O) groups is 1. The lowest BCUT2D eigenvalue weighted by Crippen LogP contribution is -2.54. The maximum atomic E-state index is 11.9. The van der Waals surface area contributed by atoms with Crippen molar-refractivity contribution >= 4 is 36.0 Å². The first-order valence-electron chi connectivity index (χ1n) is 9.89. The molecular formula is C20H31IN4O3. The number of benzene rings is 1. The monoisotopic (exact) mass is 502 g/mol. The van der Waals surface area contributed by atoms with Gasteiger partial charge in [-0.05, 0) is 31.9 Å². The van der Waals surface area contributed by atoms with Gasteiger partial charge in [-0.1, -0.05) is 18.2 Å². The van der Waals surface area contributed by atoms with Crippen LogP contribution in [0.25, 0.3) is 0 Å². The fourth-order valence-corrected chi connectivity index (χ4v) is 3.54. The highest BCUT2D eigenvalue weighted by Gasteiger charge is 2.25. The van der Waals surface area contributed by atoms with Crippen LogP contribution in [0.5, 0.6) is 5.75 Å². The maximum absolute atomic E-state index is 11.9. The number of piperazine rings is 1. The van der Waals surface area contributed by atoms with Gasteiger partial charge < -0.3 is 24.6 Å². The highest BCUT2D eigenvalue weighted by Crippen LogP contribution is 2.33. The van der Waals surface area contributed by atoms with Gasteiger partial charge in [0.1, 0.15) is 5.75 Å². The van der Waals surface area contributed by atoms with Crippen LogP contribution in [-0.2, 0) is 4.74 Å². The van der Waals surface area contributed by atoms with E-state index in [2.05, 4.69) is 29.3 Å². The summed E-state index contributed by atoms with van der Waals surface area (Å²) in [6.07, 6.45) is 0.759. The number of amides is 1. The predicted molar refractivity (Wildman–Crippen MR) is 121 cm³/mol. The molecule has 2 aliphatic rings. The minimum Gasteiger partial charge on any atom is -0.493 e. The molecule has 7 nitrogen and oxygen atoms in total. The van der Waals surface area contributed by atoms with Gasteiger partial charge in [-0.15, -0.1) is 24.0 Å². The van der Waals surface area contributed by atoms with Crippen molar-refractivity contribution in [3.8, 4) is 5.75 Å². The molecule has 0 aromatic heterocycles. The van der Waals surface area contributed by atoms with Gasteiger partial charge in [-0.3, -0.25) is 4.99 Å². The van der Waals surface area contributed by atoms with Gasteiger partial charge >= 0.3 is 6.09 Å². The Morgan fingerprint density at radius 2 is 1.93 bits per heavy atom. The third-order valence-corrected chi connectivity index (χ3v) is 4.98. The van der Waals surface area contributed by atoms with Gasteiger partial charge in [-0.2, -0.15) is 0 Å². The smallest absolute Gasteiger partial charge is 0.409 e. The molecule has 0 radical (unpaired) electrons. The fraction of sp³-hybridized carbons (Fsp3) is 0.600. The second kappa shape index (κ2) is 11.3. The molecule has 1 amide bonds. The third-order valence-electron chi connectivity index (χ3n) is 4.98. The van der Waals surface area contributed by atoms with Gasteiger partial charge in [0.2, 0.25) is 0 Å². The number of hydrogen-bond acceptors (Lipinski definition) is 4. The number of hydrogen-bond donors (Lipinski definition) is 1. The average Bonchev–Trinajstić information content (AvgIpc) is 2.71. The lowest BCUT2D eigenvalue weighted by Gasteiger charge is -2.36. The molecule has 3 rings (SSSR count). The van der Waals surface area contributed by atoms with E-state index in [-0.39, 0.29) is 30.1 Å². The number of rotatable bonds is 4. The largest absolute Gasteiger partial charge is 0.493 e. The second-order valence-electron chi connectivity index (χ2n) is 6.74. The number of aliphatic imine (C=N–C) groups is 1. The van der Waals surface area contributed by atoms with Crippen molar-refractivity contribution in [1.29, 1.82) is 0 Å². The molecule has 1 saturated heterocycles. The lowest BCUT2D eigenvalue weighted by molar-refractivity contribution is 0.0914. The van der Waals surface area contributed by atoms with Crippen LogP contribution in [0.1, 0.15) is 31.7 Å². The Bertz CT molecular complexity index is 663. The van der Waals surface area contributed by atoms with Crippen molar-refractivity contribution in [2.24, 2.45) is 4.99 Å². The molecular weight excluding hydrogens is 471 g/mol. The number of nitrogens with one attached hydrogen (secondary N) is 1. The van der Waals surface area contributed by atoms with Gasteiger partial charge in [0.25, 0.3) is 0 Å². The molecule has 1 fully saturated rings. The molecule has 1 aromatic carbocycles. The summed E-state index contributed by atoms with van der Waals surface area (Å²) < 4.78 is 10.9. The Labute approximate surface area is 184 Å². The zero-order chi connectivity index (χ0) is 19.1. The van der Waals surface area contributed by atoms with Gasteiger partial charge in [0, 0.05) is 45.2 Å².